The van der Waals surface area contributed by atoms with Gasteiger partial charge in [0.2, 0.25) is 5.91 Å². The first-order valence-electron chi connectivity index (χ1n) is 6.74. The Balaban J connectivity index is 1.94. The van der Waals surface area contributed by atoms with Crippen LogP contribution < -0.4 is 5.32 Å². The molecule has 0 bridgehead atoms. The molecule has 1 N–H and O–H groups in total. The molecule has 0 saturated carbocycles. The van der Waals surface area contributed by atoms with Crippen LogP contribution in [0.3, 0.4) is 0 Å². The van der Waals surface area contributed by atoms with Crippen LogP contribution in [0.15, 0.2) is 24.3 Å². The van der Waals surface area contributed by atoms with Gasteiger partial charge in [-0.3, -0.25) is 19.7 Å². The fraction of sp³-hybridized carbons (Fsp3) is 0.286. The molecular formula is C14H13N3O4S. The molecule has 0 radical (unpaired) electrons. The van der Waals surface area contributed by atoms with E-state index >= 15 is 0 Å². The fourth-order valence-electron chi connectivity index (χ4n) is 2.45. The van der Waals surface area contributed by atoms with Gasteiger partial charge in [-0.1, -0.05) is 0 Å². The number of non-ortho nitro benzene ring substituents is 1. The number of rotatable bonds is 2. The Morgan fingerprint density at radius 1 is 1.45 bits per heavy atom. The highest BCUT2D eigenvalue weighted by Gasteiger charge is 2.30. The summed E-state index contributed by atoms with van der Waals surface area (Å²) < 4.78 is 0.808. The zero-order chi connectivity index (χ0) is 15.9. The van der Waals surface area contributed by atoms with Crippen molar-refractivity contribution in [1.82, 2.24) is 10.2 Å². The summed E-state index contributed by atoms with van der Waals surface area (Å²) in [7, 11) is 0. The third-order valence-electron chi connectivity index (χ3n) is 3.68. The van der Waals surface area contributed by atoms with E-state index in [2.05, 4.69) is 5.32 Å². The maximum absolute atomic E-state index is 12.6. The average molecular weight is 319 g/mol. The number of hydrogen-bond acceptors (Lipinski definition) is 5. The number of piperazine rings is 1. The molecule has 3 rings (SSSR count). The number of benzene rings is 1. The van der Waals surface area contributed by atoms with Crippen molar-refractivity contribution in [2.75, 3.05) is 13.1 Å². The molecule has 1 aliphatic heterocycles. The second-order valence-corrected chi connectivity index (χ2v) is 6.14. The van der Waals surface area contributed by atoms with Crippen molar-refractivity contribution in [2.24, 2.45) is 0 Å². The first-order valence-corrected chi connectivity index (χ1v) is 7.55. The molecule has 2 heterocycles. The smallest absolute Gasteiger partial charge is 0.270 e. The van der Waals surface area contributed by atoms with Gasteiger partial charge in [0.05, 0.1) is 9.80 Å². The summed E-state index contributed by atoms with van der Waals surface area (Å²) in [5.74, 6) is -0.387. The summed E-state index contributed by atoms with van der Waals surface area (Å²) in [6.07, 6.45) is 0. The molecule has 1 aliphatic rings. The molecule has 2 amide bonds. The van der Waals surface area contributed by atoms with E-state index in [0.717, 1.165) is 4.70 Å². The van der Waals surface area contributed by atoms with Crippen LogP contribution in [0.5, 0.6) is 0 Å². The number of thiophene rings is 1. The molecule has 22 heavy (non-hydrogen) atoms. The van der Waals surface area contributed by atoms with Gasteiger partial charge in [0.25, 0.3) is 11.6 Å². The van der Waals surface area contributed by atoms with E-state index in [0.29, 0.717) is 23.4 Å². The van der Waals surface area contributed by atoms with Crippen LogP contribution in [0.2, 0.25) is 0 Å². The largest absolute Gasteiger partial charge is 0.353 e. The highest BCUT2D eigenvalue weighted by atomic mass is 32.1. The van der Waals surface area contributed by atoms with Gasteiger partial charge in [-0.15, -0.1) is 11.3 Å². The van der Waals surface area contributed by atoms with Gasteiger partial charge in [0.1, 0.15) is 6.04 Å². The molecule has 0 aliphatic carbocycles. The molecule has 1 atom stereocenters. The van der Waals surface area contributed by atoms with Gasteiger partial charge in [-0.2, -0.15) is 0 Å². The molecule has 2 aromatic rings. The van der Waals surface area contributed by atoms with E-state index in [1.54, 1.807) is 19.1 Å². The van der Waals surface area contributed by atoms with Crippen LogP contribution in [0.4, 0.5) is 5.69 Å². The minimum absolute atomic E-state index is 0.00461. The quantitative estimate of drug-likeness (QED) is 0.674. The maximum Gasteiger partial charge on any atom is 0.270 e. The fourth-order valence-corrected chi connectivity index (χ4v) is 3.45. The van der Waals surface area contributed by atoms with Gasteiger partial charge in [-0.25, -0.2) is 0 Å². The summed E-state index contributed by atoms with van der Waals surface area (Å²) in [6.45, 7) is 2.58. The molecule has 114 valence electrons. The normalized spacial score (nSPS) is 18.3. The average Bonchev–Trinajstić information content (AvgIpc) is 2.92. The third kappa shape index (κ3) is 2.41. The molecule has 0 spiro atoms. The highest BCUT2D eigenvalue weighted by Crippen LogP contribution is 2.30. The van der Waals surface area contributed by atoms with Crippen LogP contribution >= 0.6 is 11.3 Å². The predicted molar refractivity (Wildman–Crippen MR) is 82.0 cm³/mol. The van der Waals surface area contributed by atoms with Crippen LogP contribution in [0.1, 0.15) is 16.6 Å². The Morgan fingerprint density at radius 3 is 2.95 bits per heavy atom. The molecule has 7 nitrogen and oxygen atoms in total. The van der Waals surface area contributed by atoms with Gasteiger partial charge in [-0.05, 0) is 19.1 Å². The second kappa shape index (κ2) is 5.38. The van der Waals surface area contributed by atoms with E-state index in [1.807, 2.05) is 0 Å². The van der Waals surface area contributed by atoms with Gasteiger partial charge >= 0.3 is 0 Å². The lowest BCUT2D eigenvalue weighted by Crippen LogP contribution is -2.55. The van der Waals surface area contributed by atoms with Crippen LogP contribution in [-0.4, -0.2) is 40.8 Å². The summed E-state index contributed by atoms with van der Waals surface area (Å²) in [5.41, 5.74) is -0.00461. The van der Waals surface area contributed by atoms with Crippen molar-refractivity contribution in [3.63, 3.8) is 0 Å². The summed E-state index contributed by atoms with van der Waals surface area (Å²) in [5, 5.41) is 14.2. The number of nitro groups is 1. The lowest BCUT2D eigenvalue weighted by molar-refractivity contribution is -0.384. The number of fused-ring (bicyclic) bond motifs is 1. The zero-order valence-electron chi connectivity index (χ0n) is 11.7. The van der Waals surface area contributed by atoms with E-state index < -0.39 is 11.0 Å². The first kappa shape index (κ1) is 14.5. The van der Waals surface area contributed by atoms with E-state index in [-0.39, 0.29) is 17.5 Å². The monoisotopic (exact) mass is 319 g/mol. The zero-order valence-corrected chi connectivity index (χ0v) is 12.6. The lowest BCUT2D eigenvalue weighted by atomic mass is 10.2. The molecular weight excluding hydrogens is 306 g/mol. The SMILES string of the molecule is CC1C(=O)NCCN1C(=O)c1cc2cc([N+](=O)[O-])ccc2s1. The Morgan fingerprint density at radius 2 is 2.23 bits per heavy atom. The maximum atomic E-state index is 12.6. The highest BCUT2D eigenvalue weighted by molar-refractivity contribution is 7.20. The number of nitrogens with zero attached hydrogens (tertiary/aromatic N) is 2. The molecule has 8 heteroatoms. The lowest BCUT2D eigenvalue weighted by Gasteiger charge is -2.32. The first-order chi connectivity index (χ1) is 10.5. The molecule has 1 fully saturated rings. The molecule has 1 aromatic heterocycles. The van der Waals surface area contributed by atoms with Gasteiger partial charge < -0.3 is 10.2 Å². The van der Waals surface area contributed by atoms with E-state index in [1.165, 1.54) is 28.4 Å². The number of carbonyl (C=O) groups is 2. The minimum atomic E-state index is -0.513. The Labute approximate surface area is 129 Å². The van der Waals surface area contributed by atoms with Crippen molar-refractivity contribution >= 4 is 38.9 Å². The van der Waals surface area contributed by atoms with Crippen LogP contribution in [-0.2, 0) is 4.79 Å². The summed E-state index contributed by atoms with van der Waals surface area (Å²) >= 11 is 1.28. The predicted octanol–water partition coefficient (Wildman–Crippen LogP) is 1.77. The van der Waals surface area contributed by atoms with Crippen molar-refractivity contribution in [3.05, 3.63) is 39.3 Å². The summed E-state index contributed by atoms with van der Waals surface area (Å²) in [4.78, 5) is 36.6. The Kier molecular flexibility index (Phi) is 3.53. The number of nitro benzene ring substituents is 1. The molecule has 1 unspecified atom stereocenters. The summed E-state index contributed by atoms with van der Waals surface area (Å²) in [6, 6.07) is 5.65. The topological polar surface area (TPSA) is 92.6 Å². The van der Waals surface area contributed by atoms with Crippen LogP contribution in [0, 0.1) is 10.1 Å². The number of nitrogens with one attached hydrogen (secondary N) is 1. The van der Waals surface area contributed by atoms with E-state index in [9.17, 15) is 19.7 Å². The Hall–Kier alpha value is -2.48. The number of amides is 2. The van der Waals surface area contributed by atoms with E-state index in [4.69, 9.17) is 0 Å². The Bertz CT molecular complexity index is 785. The molecule has 1 saturated heterocycles. The van der Waals surface area contributed by atoms with Crippen molar-refractivity contribution < 1.29 is 14.5 Å². The minimum Gasteiger partial charge on any atom is -0.353 e. The van der Waals surface area contributed by atoms with Crippen molar-refractivity contribution in [3.8, 4) is 0 Å². The third-order valence-corrected chi connectivity index (χ3v) is 4.79. The second-order valence-electron chi connectivity index (χ2n) is 5.06. The van der Waals surface area contributed by atoms with Gasteiger partial charge in [0, 0.05) is 35.3 Å². The number of carbonyl (C=O) groups excluding carboxylic acids is 2. The van der Waals surface area contributed by atoms with Crippen molar-refractivity contribution in [1.29, 1.82) is 0 Å². The van der Waals surface area contributed by atoms with Crippen molar-refractivity contribution in [2.45, 2.75) is 13.0 Å². The standard InChI is InChI=1S/C14H13N3O4S/c1-8-13(18)15-4-5-16(8)14(19)12-7-9-6-10(17(20)21)2-3-11(9)22-12/h2-3,6-8H,4-5H2,1H3,(H,15,18). The van der Waals surface area contributed by atoms with Gasteiger partial charge in [0.15, 0.2) is 0 Å². The molecule has 1 aromatic carbocycles. The van der Waals surface area contributed by atoms with Crippen LogP contribution in [0.25, 0.3) is 10.1 Å². The number of hydrogen-bond donors (Lipinski definition) is 1.